The molecule has 7 nitrogen and oxygen atoms in total. The summed E-state index contributed by atoms with van der Waals surface area (Å²) in [5.41, 5.74) is 1.34. The van der Waals surface area contributed by atoms with Crippen molar-refractivity contribution in [2.75, 3.05) is 6.61 Å². The number of carbonyl (C=O) groups is 1. The fourth-order valence-corrected chi connectivity index (χ4v) is 4.18. The maximum atomic E-state index is 12.6. The molecule has 0 unspecified atom stereocenters. The van der Waals surface area contributed by atoms with Crippen molar-refractivity contribution >= 4 is 5.97 Å². The van der Waals surface area contributed by atoms with Crippen LogP contribution in [-0.4, -0.2) is 34.6 Å². The minimum atomic E-state index is -0.911. The first-order valence-corrected chi connectivity index (χ1v) is 9.26. The molecule has 1 aromatic heterocycles. The molecule has 1 aromatic rings. The molecule has 26 heavy (non-hydrogen) atoms. The van der Waals surface area contributed by atoms with Gasteiger partial charge in [0, 0.05) is 22.7 Å². The van der Waals surface area contributed by atoms with Gasteiger partial charge in [-0.1, -0.05) is 26.8 Å². The fraction of sp³-hybridized carbons (Fsp3) is 0.684. The van der Waals surface area contributed by atoms with E-state index in [9.17, 15) is 14.9 Å². The van der Waals surface area contributed by atoms with Crippen LogP contribution in [0.15, 0.2) is 18.3 Å². The average Bonchev–Trinajstić information content (AvgIpc) is 3.32. The monoisotopic (exact) mass is 361 g/mol. The first kappa shape index (κ1) is 18.8. The summed E-state index contributed by atoms with van der Waals surface area (Å²) in [6, 6.07) is 1.55. The van der Waals surface area contributed by atoms with Crippen molar-refractivity contribution < 1.29 is 14.5 Å². The van der Waals surface area contributed by atoms with Crippen LogP contribution in [-0.2, 0) is 9.53 Å². The molecule has 2 fully saturated rings. The summed E-state index contributed by atoms with van der Waals surface area (Å²) in [7, 11) is 0. The van der Waals surface area contributed by atoms with E-state index in [1.165, 1.54) is 0 Å². The van der Waals surface area contributed by atoms with Crippen molar-refractivity contribution in [3.8, 4) is 0 Å². The van der Waals surface area contributed by atoms with Crippen molar-refractivity contribution in [3.05, 3.63) is 39.7 Å². The van der Waals surface area contributed by atoms with Crippen LogP contribution in [0, 0.1) is 21.4 Å². The van der Waals surface area contributed by atoms with Gasteiger partial charge in [0.25, 0.3) is 0 Å². The van der Waals surface area contributed by atoms with Crippen molar-refractivity contribution in [2.45, 2.75) is 64.6 Å². The molecule has 7 heteroatoms. The molecule has 1 N–H and O–H groups in total. The highest BCUT2D eigenvalue weighted by Gasteiger charge is 2.59. The van der Waals surface area contributed by atoms with Crippen LogP contribution in [0.2, 0.25) is 0 Å². The molecule has 0 spiro atoms. The topological polar surface area (TPSA) is 94.4 Å². The summed E-state index contributed by atoms with van der Waals surface area (Å²) in [4.78, 5) is 28.9. The zero-order chi connectivity index (χ0) is 19.1. The average molecular weight is 361 g/mol. The lowest BCUT2D eigenvalue weighted by Crippen LogP contribution is -2.45. The number of aromatic nitrogens is 1. The summed E-state index contributed by atoms with van der Waals surface area (Å²) in [5, 5.41) is 15.3. The molecule has 0 radical (unpaired) electrons. The molecule has 1 saturated carbocycles. The number of hydrogen-bond donors (Lipinski definition) is 1. The Bertz CT molecular complexity index is 696. The molecule has 0 bridgehead atoms. The predicted octanol–water partition coefficient (Wildman–Crippen LogP) is 2.84. The molecular formula is C19H27N3O4. The lowest BCUT2D eigenvalue weighted by Gasteiger charge is -2.31. The van der Waals surface area contributed by atoms with Gasteiger partial charge in [0.15, 0.2) is 0 Å². The van der Waals surface area contributed by atoms with E-state index < -0.39 is 35.4 Å². The third-order valence-corrected chi connectivity index (χ3v) is 5.38. The lowest BCUT2D eigenvalue weighted by molar-refractivity contribution is -0.535. The SMILES string of the molecule is CCOC(=O)[C@H]1N[C@@H](c2cccnc2C2CC2)[C@@H]([N+](=O)[O-])[C@@H]1C(C)(C)C. The third-order valence-electron chi connectivity index (χ3n) is 5.38. The van der Waals surface area contributed by atoms with Gasteiger partial charge in [-0.15, -0.1) is 0 Å². The Hall–Kier alpha value is -2.02. The van der Waals surface area contributed by atoms with Gasteiger partial charge < -0.3 is 4.74 Å². The Morgan fingerprint density at radius 2 is 2.12 bits per heavy atom. The largest absolute Gasteiger partial charge is 0.465 e. The van der Waals surface area contributed by atoms with Crippen LogP contribution in [0.1, 0.15) is 63.8 Å². The Morgan fingerprint density at radius 1 is 1.42 bits per heavy atom. The van der Waals surface area contributed by atoms with E-state index in [0.717, 1.165) is 24.1 Å². The quantitative estimate of drug-likeness (QED) is 0.492. The van der Waals surface area contributed by atoms with Gasteiger partial charge in [0.2, 0.25) is 6.04 Å². The van der Waals surface area contributed by atoms with Crippen molar-refractivity contribution in [2.24, 2.45) is 11.3 Å². The summed E-state index contributed by atoms with van der Waals surface area (Å²) in [5.74, 6) is -0.525. The second kappa shape index (κ2) is 6.95. The van der Waals surface area contributed by atoms with E-state index >= 15 is 0 Å². The summed E-state index contributed by atoms with van der Waals surface area (Å²) >= 11 is 0. The van der Waals surface area contributed by atoms with Gasteiger partial charge in [-0.25, -0.2) is 0 Å². The first-order chi connectivity index (χ1) is 12.3. The predicted molar refractivity (Wildman–Crippen MR) is 96.2 cm³/mol. The molecule has 2 aliphatic rings. The summed E-state index contributed by atoms with van der Waals surface area (Å²) in [6.45, 7) is 7.82. The number of nitrogens with one attached hydrogen (secondary N) is 1. The maximum Gasteiger partial charge on any atom is 0.323 e. The van der Waals surface area contributed by atoms with Gasteiger partial charge in [0.1, 0.15) is 12.1 Å². The van der Waals surface area contributed by atoms with E-state index in [1.807, 2.05) is 32.9 Å². The smallest absolute Gasteiger partial charge is 0.323 e. The number of pyridine rings is 1. The molecule has 1 saturated heterocycles. The second-order valence-electron chi connectivity index (χ2n) is 8.29. The van der Waals surface area contributed by atoms with Gasteiger partial charge in [-0.3, -0.25) is 25.2 Å². The zero-order valence-electron chi connectivity index (χ0n) is 15.8. The first-order valence-electron chi connectivity index (χ1n) is 9.26. The van der Waals surface area contributed by atoms with Gasteiger partial charge in [-0.05, 0) is 36.8 Å². The molecule has 3 rings (SSSR count). The number of nitrogens with zero attached hydrogens (tertiary/aromatic N) is 2. The number of nitro groups is 1. The van der Waals surface area contributed by atoms with Crippen LogP contribution < -0.4 is 5.32 Å². The highest BCUT2D eigenvalue weighted by molar-refractivity contribution is 5.77. The number of rotatable bonds is 5. The second-order valence-corrected chi connectivity index (χ2v) is 8.29. The molecule has 1 aliphatic carbocycles. The number of ether oxygens (including phenoxy) is 1. The fourth-order valence-electron chi connectivity index (χ4n) is 4.18. The summed E-state index contributed by atoms with van der Waals surface area (Å²) < 4.78 is 5.21. The van der Waals surface area contributed by atoms with E-state index in [0.29, 0.717) is 5.92 Å². The number of hydrogen-bond acceptors (Lipinski definition) is 6. The number of carbonyl (C=O) groups excluding carboxylic acids is 1. The normalized spacial score (nSPS) is 28.8. The van der Waals surface area contributed by atoms with E-state index in [-0.39, 0.29) is 11.5 Å². The molecule has 1 aliphatic heterocycles. The van der Waals surface area contributed by atoms with Crippen LogP contribution in [0.25, 0.3) is 0 Å². The Morgan fingerprint density at radius 3 is 2.65 bits per heavy atom. The number of esters is 1. The van der Waals surface area contributed by atoms with Crippen molar-refractivity contribution in [1.82, 2.24) is 10.3 Å². The molecule has 4 atom stereocenters. The molecule has 0 aromatic carbocycles. The highest BCUT2D eigenvalue weighted by Crippen LogP contribution is 2.47. The third kappa shape index (κ3) is 3.45. The molecule has 2 heterocycles. The minimum Gasteiger partial charge on any atom is -0.465 e. The van der Waals surface area contributed by atoms with E-state index in [1.54, 1.807) is 13.1 Å². The van der Waals surface area contributed by atoms with Gasteiger partial charge >= 0.3 is 5.97 Å². The Kier molecular flexibility index (Phi) is 5.01. The van der Waals surface area contributed by atoms with Crippen LogP contribution in [0.5, 0.6) is 0 Å². The maximum absolute atomic E-state index is 12.6. The lowest BCUT2D eigenvalue weighted by atomic mass is 9.72. The van der Waals surface area contributed by atoms with E-state index in [4.69, 9.17) is 4.74 Å². The molecular weight excluding hydrogens is 334 g/mol. The Balaban J connectivity index is 2.05. The van der Waals surface area contributed by atoms with Crippen molar-refractivity contribution in [3.63, 3.8) is 0 Å². The molecule has 0 amide bonds. The summed E-state index contributed by atoms with van der Waals surface area (Å²) in [6.07, 6.45) is 3.85. The van der Waals surface area contributed by atoms with E-state index in [2.05, 4.69) is 10.3 Å². The van der Waals surface area contributed by atoms with Crippen LogP contribution >= 0.6 is 0 Å². The minimum absolute atomic E-state index is 0.240. The van der Waals surface area contributed by atoms with Crippen molar-refractivity contribution in [1.29, 1.82) is 0 Å². The standard InChI is InChI=1S/C19H27N3O4/c1-5-26-18(23)16-13(19(2,3)4)17(22(24)25)15(21-16)12-7-6-10-20-14(12)11-8-9-11/h6-7,10-11,13,15-17,21H,5,8-9H2,1-4H3/t13-,15+,16+,17+/m1/s1. The zero-order valence-corrected chi connectivity index (χ0v) is 15.8. The van der Waals surface area contributed by atoms with Crippen LogP contribution in [0.4, 0.5) is 0 Å². The van der Waals surface area contributed by atoms with Crippen LogP contribution in [0.3, 0.4) is 0 Å². The Labute approximate surface area is 153 Å². The molecule has 142 valence electrons. The highest BCUT2D eigenvalue weighted by atomic mass is 16.6. The van der Waals surface area contributed by atoms with Gasteiger partial charge in [-0.2, -0.15) is 0 Å². The van der Waals surface area contributed by atoms with Gasteiger partial charge in [0.05, 0.1) is 12.5 Å².